The molecule has 1 atom stereocenters. The molecule has 0 aliphatic carbocycles. The first-order valence-corrected chi connectivity index (χ1v) is 5.53. The molecule has 0 aliphatic heterocycles. The Labute approximate surface area is 92.5 Å². The number of nitrogens with zero attached hydrogens (tertiary/aromatic N) is 2. The second-order valence-electron chi connectivity index (χ2n) is 4.13. The lowest BCUT2D eigenvalue weighted by Gasteiger charge is -2.16. The predicted molar refractivity (Wildman–Crippen MR) is 66.6 cm³/mol. The van der Waals surface area contributed by atoms with Gasteiger partial charge in [0, 0.05) is 38.1 Å². The Morgan fingerprint density at radius 3 is 2.80 bits per heavy atom. The summed E-state index contributed by atoms with van der Waals surface area (Å²) in [5, 5.41) is 3.40. The molecule has 3 nitrogen and oxygen atoms in total. The van der Waals surface area contributed by atoms with E-state index in [0.717, 1.165) is 5.82 Å². The number of pyridine rings is 1. The first-order valence-electron chi connectivity index (χ1n) is 5.53. The smallest absolute Gasteiger partial charge is 0.128 e. The third-order valence-electron chi connectivity index (χ3n) is 2.38. The van der Waals surface area contributed by atoms with Crippen LogP contribution in [0.3, 0.4) is 0 Å². The molecule has 0 bridgehead atoms. The van der Waals surface area contributed by atoms with Crippen LogP contribution in [0.5, 0.6) is 0 Å². The highest BCUT2D eigenvalue weighted by molar-refractivity contribution is 5.53. The third kappa shape index (κ3) is 3.78. The van der Waals surface area contributed by atoms with Gasteiger partial charge in [0.15, 0.2) is 0 Å². The van der Waals surface area contributed by atoms with Crippen LogP contribution in [0, 0.1) is 0 Å². The van der Waals surface area contributed by atoms with E-state index >= 15 is 0 Å². The number of hydrogen-bond donors (Lipinski definition) is 1. The van der Waals surface area contributed by atoms with Gasteiger partial charge in [-0.3, -0.25) is 0 Å². The second-order valence-corrected chi connectivity index (χ2v) is 4.13. The van der Waals surface area contributed by atoms with E-state index in [-0.39, 0.29) is 0 Å². The molecule has 3 heteroatoms. The zero-order chi connectivity index (χ0) is 11.3. The Bertz CT molecular complexity index is 297. The zero-order valence-corrected chi connectivity index (χ0v) is 10.1. The normalized spacial score (nSPS) is 12.3. The van der Waals surface area contributed by atoms with E-state index in [1.54, 1.807) is 0 Å². The van der Waals surface area contributed by atoms with Crippen molar-refractivity contribution in [2.45, 2.75) is 32.7 Å². The van der Waals surface area contributed by atoms with E-state index in [0.29, 0.717) is 6.04 Å². The standard InChI is InChI=1S/C12H21N3/c1-5-6-10(2)14-12-9-11(15(3)4)7-8-13-12/h7-10H,5-6H2,1-4H3,(H,13,14). The van der Waals surface area contributed by atoms with Gasteiger partial charge in [-0.2, -0.15) is 0 Å². The van der Waals surface area contributed by atoms with E-state index in [4.69, 9.17) is 0 Å². The van der Waals surface area contributed by atoms with Crippen molar-refractivity contribution >= 4 is 11.5 Å². The van der Waals surface area contributed by atoms with Crippen molar-refractivity contribution in [2.24, 2.45) is 0 Å². The molecule has 1 aromatic rings. The van der Waals surface area contributed by atoms with Gasteiger partial charge in [-0.1, -0.05) is 13.3 Å². The van der Waals surface area contributed by atoms with Crippen LogP contribution in [-0.2, 0) is 0 Å². The highest BCUT2D eigenvalue weighted by Crippen LogP contribution is 2.15. The van der Waals surface area contributed by atoms with Gasteiger partial charge in [0.25, 0.3) is 0 Å². The van der Waals surface area contributed by atoms with Crippen LogP contribution < -0.4 is 10.2 Å². The molecule has 1 heterocycles. The lowest BCUT2D eigenvalue weighted by Crippen LogP contribution is -2.16. The summed E-state index contributed by atoms with van der Waals surface area (Å²) in [7, 11) is 4.07. The Kier molecular flexibility index (Phi) is 4.40. The third-order valence-corrected chi connectivity index (χ3v) is 2.38. The van der Waals surface area contributed by atoms with Gasteiger partial charge in [0.1, 0.15) is 5.82 Å². The highest BCUT2D eigenvalue weighted by Gasteiger charge is 2.02. The van der Waals surface area contributed by atoms with Crippen molar-refractivity contribution in [3.8, 4) is 0 Å². The van der Waals surface area contributed by atoms with Gasteiger partial charge in [0.05, 0.1) is 0 Å². The molecular formula is C12H21N3. The molecule has 0 saturated carbocycles. The molecule has 0 amide bonds. The zero-order valence-electron chi connectivity index (χ0n) is 10.1. The molecule has 1 aromatic heterocycles. The van der Waals surface area contributed by atoms with Crippen LogP contribution in [0.15, 0.2) is 18.3 Å². The van der Waals surface area contributed by atoms with Crippen LogP contribution in [0.4, 0.5) is 11.5 Å². The van der Waals surface area contributed by atoms with E-state index in [9.17, 15) is 0 Å². The van der Waals surface area contributed by atoms with Crippen LogP contribution in [0.2, 0.25) is 0 Å². The summed E-state index contributed by atoms with van der Waals surface area (Å²) in [5.41, 5.74) is 1.18. The summed E-state index contributed by atoms with van der Waals surface area (Å²) in [6.45, 7) is 4.38. The van der Waals surface area contributed by atoms with Crippen molar-refractivity contribution in [3.63, 3.8) is 0 Å². The minimum Gasteiger partial charge on any atom is -0.378 e. The molecule has 0 aromatic carbocycles. The SMILES string of the molecule is CCCC(C)Nc1cc(N(C)C)ccn1. The number of anilines is 2. The molecule has 0 spiro atoms. The topological polar surface area (TPSA) is 28.2 Å². The highest BCUT2D eigenvalue weighted by atomic mass is 15.1. The van der Waals surface area contributed by atoms with Crippen molar-refractivity contribution in [1.29, 1.82) is 0 Å². The van der Waals surface area contributed by atoms with Gasteiger partial charge in [0.2, 0.25) is 0 Å². The number of hydrogen-bond acceptors (Lipinski definition) is 3. The van der Waals surface area contributed by atoms with Gasteiger partial charge in [-0.25, -0.2) is 4.98 Å². The molecule has 15 heavy (non-hydrogen) atoms. The van der Waals surface area contributed by atoms with Crippen molar-refractivity contribution in [3.05, 3.63) is 18.3 Å². The van der Waals surface area contributed by atoms with E-state index in [1.165, 1.54) is 18.5 Å². The molecule has 1 rings (SSSR count). The van der Waals surface area contributed by atoms with E-state index in [1.807, 2.05) is 26.4 Å². The summed E-state index contributed by atoms with van der Waals surface area (Å²) in [5.74, 6) is 0.960. The Morgan fingerprint density at radius 2 is 2.20 bits per heavy atom. The first-order chi connectivity index (χ1) is 7.13. The average molecular weight is 207 g/mol. The first kappa shape index (κ1) is 11.8. The van der Waals surface area contributed by atoms with Crippen molar-refractivity contribution < 1.29 is 0 Å². The quantitative estimate of drug-likeness (QED) is 0.804. The fourth-order valence-corrected chi connectivity index (χ4v) is 1.53. The number of nitrogens with one attached hydrogen (secondary N) is 1. The van der Waals surface area contributed by atoms with Crippen LogP contribution in [-0.4, -0.2) is 25.1 Å². The summed E-state index contributed by atoms with van der Waals surface area (Å²) in [6.07, 6.45) is 4.21. The Morgan fingerprint density at radius 1 is 1.47 bits per heavy atom. The predicted octanol–water partition coefficient (Wildman–Crippen LogP) is 2.75. The number of aromatic nitrogens is 1. The van der Waals surface area contributed by atoms with Crippen molar-refractivity contribution in [1.82, 2.24) is 4.98 Å². The van der Waals surface area contributed by atoms with Gasteiger partial charge >= 0.3 is 0 Å². The maximum absolute atomic E-state index is 4.31. The van der Waals surface area contributed by atoms with Gasteiger partial charge in [-0.05, 0) is 19.4 Å². The minimum atomic E-state index is 0.486. The summed E-state index contributed by atoms with van der Waals surface area (Å²) < 4.78 is 0. The molecule has 0 saturated heterocycles. The molecule has 1 unspecified atom stereocenters. The molecule has 1 N–H and O–H groups in total. The molecule has 0 aliphatic rings. The summed E-state index contributed by atoms with van der Waals surface area (Å²) >= 11 is 0. The lowest BCUT2D eigenvalue weighted by atomic mass is 10.2. The molecule has 84 valence electrons. The van der Waals surface area contributed by atoms with E-state index < -0.39 is 0 Å². The van der Waals surface area contributed by atoms with Crippen LogP contribution in [0.25, 0.3) is 0 Å². The maximum Gasteiger partial charge on any atom is 0.128 e. The lowest BCUT2D eigenvalue weighted by molar-refractivity contribution is 0.687. The second kappa shape index (κ2) is 5.59. The maximum atomic E-state index is 4.31. The largest absolute Gasteiger partial charge is 0.378 e. The van der Waals surface area contributed by atoms with E-state index in [2.05, 4.69) is 35.1 Å². The van der Waals surface area contributed by atoms with Gasteiger partial charge in [-0.15, -0.1) is 0 Å². The number of rotatable bonds is 5. The molecule has 0 fully saturated rings. The Balaban J connectivity index is 2.65. The van der Waals surface area contributed by atoms with Crippen molar-refractivity contribution in [2.75, 3.05) is 24.3 Å². The fraction of sp³-hybridized carbons (Fsp3) is 0.583. The average Bonchev–Trinajstić information content (AvgIpc) is 2.18. The molecular weight excluding hydrogens is 186 g/mol. The minimum absolute atomic E-state index is 0.486. The van der Waals surface area contributed by atoms with Gasteiger partial charge < -0.3 is 10.2 Å². The summed E-state index contributed by atoms with van der Waals surface area (Å²) in [6, 6.07) is 4.57. The van der Waals surface area contributed by atoms with Crippen LogP contribution >= 0.6 is 0 Å². The van der Waals surface area contributed by atoms with Crippen LogP contribution in [0.1, 0.15) is 26.7 Å². The monoisotopic (exact) mass is 207 g/mol. The fourth-order valence-electron chi connectivity index (χ4n) is 1.53. The molecule has 0 radical (unpaired) electrons. The Hall–Kier alpha value is -1.25. The summed E-state index contributed by atoms with van der Waals surface area (Å²) in [4.78, 5) is 6.39.